The molecule has 1 aromatic heterocycles. The van der Waals surface area contributed by atoms with Crippen molar-refractivity contribution in [3.05, 3.63) is 69.3 Å². The lowest BCUT2D eigenvalue weighted by atomic mass is 10.0. The van der Waals surface area contributed by atoms with E-state index in [0.717, 1.165) is 7.11 Å². The molecular weight excluding hydrogens is 457 g/mol. The van der Waals surface area contributed by atoms with E-state index in [4.69, 9.17) is 23.2 Å². The Kier molecular flexibility index (Phi) is 7.01. The number of aromatic nitrogens is 2. The number of methoxy groups -OCH3 is 1. The van der Waals surface area contributed by atoms with Crippen molar-refractivity contribution in [2.45, 2.75) is 6.92 Å². The van der Waals surface area contributed by atoms with Gasteiger partial charge in [0.2, 0.25) is 0 Å². The molecule has 0 aliphatic heterocycles. The molecule has 3 amide bonds. The summed E-state index contributed by atoms with van der Waals surface area (Å²) in [5.41, 5.74) is 6.48. The lowest BCUT2D eigenvalue weighted by Gasteiger charge is -2.15. The Morgan fingerprint density at radius 2 is 1.75 bits per heavy atom. The summed E-state index contributed by atoms with van der Waals surface area (Å²) in [6.07, 6.45) is 0.556. The molecule has 9 nitrogen and oxygen atoms in total. The zero-order chi connectivity index (χ0) is 23.4. The molecule has 0 fully saturated rings. The number of benzene rings is 2. The van der Waals surface area contributed by atoms with Gasteiger partial charge < -0.3 is 10.1 Å². The third kappa shape index (κ3) is 4.84. The summed E-state index contributed by atoms with van der Waals surface area (Å²) in [4.78, 5) is 37.1. The van der Waals surface area contributed by atoms with Gasteiger partial charge in [-0.3, -0.25) is 19.7 Å². The molecule has 0 saturated heterocycles. The van der Waals surface area contributed by atoms with Crippen LogP contribution in [0.5, 0.6) is 0 Å². The van der Waals surface area contributed by atoms with Gasteiger partial charge in [-0.1, -0.05) is 41.4 Å². The van der Waals surface area contributed by atoms with Crippen LogP contribution < -0.4 is 16.2 Å². The van der Waals surface area contributed by atoms with Crippen molar-refractivity contribution in [3.63, 3.8) is 0 Å². The molecule has 166 valence electrons. The van der Waals surface area contributed by atoms with Gasteiger partial charge in [-0.25, -0.2) is 10.2 Å². The number of anilines is 1. The molecule has 0 unspecified atom stereocenters. The molecular formula is C21H19Cl2N5O4. The van der Waals surface area contributed by atoms with Crippen LogP contribution in [0.15, 0.2) is 42.6 Å². The highest BCUT2D eigenvalue weighted by Gasteiger charge is 2.23. The van der Waals surface area contributed by atoms with E-state index in [1.807, 2.05) is 0 Å². The quantitative estimate of drug-likeness (QED) is 0.494. The summed E-state index contributed by atoms with van der Waals surface area (Å²) in [7, 11) is 2.85. The Labute approximate surface area is 193 Å². The van der Waals surface area contributed by atoms with Gasteiger partial charge in [0.15, 0.2) is 0 Å². The van der Waals surface area contributed by atoms with Crippen LogP contribution in [-0.2, 0) is 11.8 Å². The third-order valence-corrected chi connectivity index (χ3v) is 5.11. The molecule has 3 aromatic rings. The van der Waals surface area contributed by atoms with E-state index in [1.165, 1.54) is 12.3 Å². The minimum absolute atomic E-state index is 0.0444. The molecule has 0 radical (unpaired) electrons. The second-order valence-electron chi connectivity index (χ2n) is 6.68. The van der Waals surface area contributed by atoms with E-state index < -0.39 is 17.9 Å². The highest BCUT2D eigenvalue weighted by Crippen LogP contribution is 2.31. The van der Waals surface area contributed by atoms with Gasteiger partial charge in [-0.2, -0.15) is 5.10 Å². The van der Waals surface area contributed by atoms with Crippen molar-refractivity contribution in [2.75, 3.05) is 12.4 Å². The van der Waals surface area contributed by atoms with Gasteiger partial charge in [0.1, 0.15) is 0 Å². The summed E-state index contributed by atoms with van der Waals surface area (Å²) in [5, 5.41) is 7.67. The van der Waals surface area contributed by atoms with E-state index in [2.05, 4.69) is 26.0 Å². The van der Waals surface area contributed by atoms with Gasteiger partial charge in [0.25, 0.3) is 11.8 Å². The van der Waals surface area contributed by atoms with Crippen molar-refractivity contribution in [1.82, 2.24) is 20.6 Å². The first-order valence-corrected chi connectivity index (χ1v) is 10.0. The van der Waals surface area contributed by atoms with Gasteiger partial charge in [-0.15, -0.1) is 0 Å². The minimum Gasteiger partial charge on any atom is -0.452 e. The Morgan fingerprint density at radius 3 is 2.44 bits per heavy atom. The Hall–Kier alpha value is -3.56. The van der Waals surface area contributed by atoms with E-state index >= 15 is 0 Å². The third-order valence-electron chi connectivity index (χ3n) is 4.56. The fourth-order valence-corrected chi connectivity index (χ4v) is 3.57. The zero-order valence-corrected chi connectivity index (χ0v) is 18.8. The second kappa shape index (κ2) is 9.71. The van der Waals surface area contributed by atoms with Crippen LogP contribution in [0.1, 0.15) is 26.3 Å². The van der Waals surface area contributed by atoms with Crippen molar-refractivity contribution in [3.8, 4) is 11.3 Å². The number of carbonyl (C=O) groups is 3. The molecule has 3 rings (SSSR count). The molecule has 0 saturated carbocycles. The Balaban J connectivity index is 1.97. The summed E-state index contributed by atoms with van der Waals surface area (Å²) in [6.45, 7) is 1.68. The van der Waals surface area contributed by atoms with Gasteiger partial charge >= 0.3 is 6.09 Å². The SMILES string of the molecule is COC(=O)NNC(=O)c1cc(Cl)cc(C)c1NC(=O)c1cnn(C)c1-c1ccccc1Cl. The monoisotopic (exact) mass is 475 g/mol. The first kappa shape index (κ1) is 23.1. The maximum Gasteiger partial charge on any atom is 0.425 e. The molecule has 0 aliphatic carbocycles. The molecule has 1 heterocycles. The number of aryl methyl sites for hydroxylation is 2. The molecule has 11 heteroatoms. The number of hydrogen-bond acceptors (Lipinski definition) is 5. The zero-order valence-electron chi connectivity index (χ0n) is 17.3. The largest absolute Gasteiger partial charge is 0.452 e. The molecule has 3 N–H and O–H groups in total. The maximum atomic E-state index is 13.2. The van der Waals surface area contributed by atoms with Crippen molar-refractivity contribution in [1.29, 1.82) is 0 Å². The first-order valence-electron chi connectivity index (χ1n) is 9.25. The number of nitrogens with zero attached hydrogens (tertiary/aromatic N) is 2. The van der Waals surface area contributed by atoms with Crippen LogP contribution >= 0.6 is 23.2 Å². The Morgan fingerprint density at radius 1 is 1.03 bits per heavy atom. The highest BCUT2D eigenvalue weighted by atomic mass is 35.5. The number of halogens is 2. The minimum atomic E-state index is -0.859. The predicted octanol–water partition coefficient (Wildman–Crippen LogP) is 3.96. The van der Waals surface area contributed by atoms with Crippen molar-refractivity contribution < 1.29 is 19.1 Å². The number of ether oxygens (including phenoxy) is 1. The van der Waals surface area contributed by atoms with Crippen LogP contribution in [0.2, 0.25) is 10.0 Å². The normalized spacial score (nSPS) is 10.4. The highest BCUT2D eigenvalue weighted by molar-refractivity contribution is 6.33. The maximum absolute atomic E-state index is 13.2. The molecule has 0 bridgehead atoms. The topological polar surface area (TPSA) is 114 Å². The van der Waals surface area contributed by atoms with Gasteiger partial charge in [-0.05, 0) is 30.7 Å². The average Bonchev–Trinajstić information content (AvgIpc) is 3.14. The van der Waals surface area contributed by atoms with Gasteiger partial charge in [0, 0.05) is 22.7 Å². The first-order chi connectivity index (χ1) is 15.2. The van der Waals surface area contributed by atoms with E-state index in [9.17, 15) is 14.4 Å². The van der Waals surface area contributed by atoms with Crippen LogP contribution in [0, 0.1) is 6.92 Å². The number of rotatable bonds is 4. The van der Waals surface area contributed by atoms with E-state index in [0.29, 0.717) is 21.8 Å². The van der Waals surface area contributed by atoms with Crippen LogP contribution in [-0.4, -0.2) is 34.8 Å². The van der Waals surface area contributed by atoms with Crippen molar-refractivity contribution >= 4 is 46.8 Å². The summed E-state index contributed by atoms with van der Waals surface area (Å²) >= 11 is 12.4. The fourth-order valence-electron chi connectivity index (χ4n) is 3.07. The van der Waals surface area contributed by atoms with Gasteiger partial charge in [0.05, 0.1) is 35.8 Å². The molecule has 32 heavy (non-hydrogen) atoms. The summed E-state index contributed by atoms with van der Waals surface area (Å²) in [5.74, 6) is -1.21. The van der Waals surface area contributed by atoms with Crippen LogP contribution in [0.25, 0.3) is 11.3 Å². The van der Waals surface area contributed by atoms with Crippen molar-refractivity contribution in [2.24, 2.45) is 7.05 Å². The Bertz CT molecular complexity index is 1210. The molecule has 0 spiro atoms. The molecule has 0 atom stereocenters. The summed E-state index contributed by atoms with van der Waals surface area (Å²) < 4.78 is 5.96. The number of hydrogen-bond donors (Lipinski definition) is 3. The van der Waals surface area contributed by atoms with E-state index in [1.54, 1.807) is 49.0 Å². The van der Waals surface area contributed by atoms with Crippen LogP contribution in [0.4, 0.5) is 10.5 Å². The lowest BCUT2D eigenvalue weighted by Crippen LogP contribution is -2.41. The summed E-state index contributed by atoms with van der Waals surface area (Å²) in [6, 6.07) is 10.0. The standard InChI is InChI=1S/C21H19Cl2N5O4/c1-11-8-12(22)9-14(20(30)26-27-21(31)32-3)17(11)25-19(29)15-10-24-28(2)18(15)13-6-4-5-7-16(13)23/h4-10H,1-3H3,(H,25,29)(H,26,30)(H,27,31). The predicted molar refractivity (Wildman–Crippen MR) is 121 cm³/mol. The molecule has 2 aromatic carbocycles. The number of nitrogens with one attached hydrogen (secondary N) is 3. The lowest BCUT2D eigenvalue weighted by molar-refractivity contribution is 0.0921. The smallest absolute Gasteiger partial charge is 0.425 e. The second-order valence-corrected chi connectivity index (χ2v) is 7.52. The number of amides is 3. The average molecular weight is 476 g/mol. The fraction of sp³-hybridized carbons (Fsp3) is 0.143. The number of carbonyl (C=O) groups excluding carboxylic acids is 3. The van der Waals surface area contributed by atoms with Crippen LogP contribution in [0.3, 0.4) is 0 Å². The van der Waals surface area contributed by atoms with E-state index in [-0.39, 0.29) is 21.8 Å². The number of hydrazine groups is 1. The molecule has 0 aliphatic rings.